The molecule has 0 radical (unpaired) electrons. The Kier molecular flexibility index (Phi) is 5.91. The molecule has 0 spiro atoms. The Morgan fingerprint density at radius 1 is 1.16 bits per heavy atom. The number of nitrogens with one attached hydrogen (secondary N) is 1. The third kappa shape index (κ3) is 4.35. The molecule has 1 aliphatic carbocycles. The van der Waals surface area contributed by atoms with E-state index >= 15 is 0 Å². The van der Waals surface area contributed by atoms with Gasteiger partial charge in [-0.05, 0) is 36.8 Å². The first kappa shape index (κ1) is 14.6. The molecule has 1 aromatic carbocycles. The molecule has 1 saturated carbocycles. The summed E-state index contributed by atoms with van der Waals surface area (Å²) in [7, 11) is 0. The first-order valence-electron chi connectivity index (χ1n) is 8.09. The van der Waals surface area contributed by atoms with Crippen molar-refractivity contribution in [2.75, 3.05) is 6.54 Å². The van der Waals surface area contributed by atoms with Gasteiger partial charge in [0.25, 0.3) is 0 Å². The van der Waals surface area contributed by atoms with Crippen LogP contribution in [0.25, 0.3) is 0 Å². The highest BCUT2D eigenvalue weighted by molar-refractivity contribution is 5.18. The Balaban J connectivity index is 1.90. The second kappa shape index (κ2) is 7.69. The summed E-state index contributed by atoms with van der Waals surface area (Å²) in [6, 6.07) is 11.5. The van der Waals surface area contributed by atoms with Crippen LogP contribution in [0.4, 0.5) is 0 Å². The van der Waals surface area contributed by atoms with Crippen LogP contribution in [0.15, 0.2) is 30.3 Å². The van der Waals surface area contributed by atoms with E-state index in [1.54, 1.807) is 0 Å². The highest BCUT2D eigenvalue weighted by Crippen LogP contribution is 2.30. The van der Waals surface area contributed by atoms with Gasteiger partial charge in [-0.15, -0.1) is 0 Å². The molecule has 3 atom stereocenters. The van der Waals surface area contributed by atoms with E-state index < -0.39 is 0 Å². The van der Waals surface area contributed by atoms with Crippen LogP contribution in [-0.4, -0.2) is 6.54 Å². The van der Waals surface area contributed by atoms with Gasteiger partial charge in [0, 0.05) is 6.04 Å². The van der Waals surface area contributed by atoms with Crippen molar-refractivity contribution in [3.8, 4) is 0 Å². The van der Waals surface area contributed by atoms with Gasteiger partial charge < -0.3 is 5.32 Å². The molecule has 106 valence electrons. The fourth-order valence-corrected chi connectivity index (χ4v) is 3.35. The van der Waals surface area contributed by atoms with E-state index in [2.05, 4.69) is 49.5 Å². The first-order chi connectivity index (χ1) is 9.31. The Morgan fingerprint density at radius 3 is 2.58 bits per heavy atom. The summed E-state index contributed by atoms with van der Waals surface area (Å²) in [5, 5.41) is 3.84. The zero-order valence-electron chi connectivity index (χ0n) is 12.6. The highest BCUT2D eigenvalue weighted by atomic mass is 14.9. The Bertz CT molecular complexity index is 346. The molecule has 0 bridgehead atoms. The summed E-state index contributed by atoms with van der Waals surface area (Å²) >= 11 is 0. The van der Waals surface area contributed by atoms with Crippen molar-refractivity contribution in [2.45, 2.75) is 58.4 Å². The van der Waals surface area contributed by atoms with E-state index in [9.17, 15) is 0 Å². The van der Waals surface area contributed by atoms with Crippen molar-refractivity contribution >= 4 is 0 Å². The molecule has 0 saturated heterocycles. The Labute approximate surface area is 118 Å². The maximum absolute atomic E-state index is 3.84. The van der Waals surface area contributed by atoms with E-state index in [4.69, 9.17) is 0 Å². The summed E-state index contributed by atoms with van der Waals surface area (Å²) in [5.41, 5.74) is 1.45. The van der Waals surface area contributed by atoms with E-state index in [0.717, 1.165) is 11.8 Å². The zero-order valence-corrected chi connectivity index (χ0v) is 12.6. The predicted octanol–water partition coefficient (Wildman–Crippen LogP) is 4.94. The third-order valence-corrected chi connectivity index (χ3v) is 4.69. The average Bonchev–Trinajstić information content (AvgIpc) is 2.46. The lowest BCUT2D eigenvalue weighted by molar-refractivity contribution is 0.239. The van der Waals surface area contributed by atoms with Gasteiger partial charge in [-0.2, -0.15) is 0 Å². The molecule has 1 aliphatic rings. The minimum atomic E-state index is 0.542. The molecule has 1 fully saturated rings. The molecule has 1 nitrogen and oxygen atoms in total. The molecule has 3 unspecified atom stereocenters. The average molecular weight is 259 g/mol. The van der Waals surface area contributed by atoms with Crippen molar-refractivity contribution in [1.82, 2.24) is 5.32 Å². The van der Waals surface area contributed by atoms with Crippen LogP contribution in [0.1, 0.15) is 64.0 Å². The second-order valence-electron chi connectivity index (χ2n) is 6.18. The smallest absolute Gasteiger partial charge is 0.0320 e. The number of benzene rings is 1. The normalized spacial score (nSPS) is 25.2. The summed E-state index contributed by atoms with van der Waals surface area (Å²) in [6.45, 7) is 5.91. The van der Waals surface area contributed by atoms with Crippen molar-refractivity contribution < 1.29 is 0 Å². The lowest BCUT2D eigenvalue weighted by Crippen LogP contribution is -2.32. The van der Waals surface area contributed by atoms with Gasteiger partial charge in [0.15, 0.2) is 0 Å². The van der Waals surface area contributed by atoms with Gasteiger partial charge in [-0.1, -0.05) is 69.9 Å². The van der Waals surface area contributed by atoms with Gasteiger partial charge in [0.05, 0.1) is 0 Å². The molecule has 0 aromatic heterocycles. The predicted molar refractivity (Wildman–Crippen MR) is 83.2 cm³/mol. The highest BCUT2D eigenvalue weighted by Gasteiger charge is 2.22. The van der Waals surface area contributed by atoms with E-state index in [1.165, 1.54) is 50.6 Å². The third-order valence-electron chi connectivity index (χ3n) is 4.69. The zero-order chi connectivity index (χ0) is 13.5. The minimum absolute atomic E-state index is 0.542. The van der Waals surface area contributed by atoms with Crippen LogP contribution in [-0.2, 0) is 0 Å². The SMILES string of the molecule is CCCC(NCC1CCCCC1C)c1ccccc1. The molecule has 0 heterocycles. The molecule has 19 heavy (non-hydrogen) atoms. The lowest BCUT2D eigenvalue weighted by atomic mass is 9.80. The first-order valence-corrected chi connectivity index (χ1v) is 8.09. The summed E-state index contributed by atoms with van der Waals surface area (Å²) in [5.74, 6) is 1.79. The Hall–Kier alpha value is -0.820. The molecular weight excluding hydrogens is 230 g/mol. The molecule has 0 aliphatic heterocycles. The number of hydrogen-bond donors (Lipinski definition) is 1. The van der Waals surface area contributed by atoms with Gasteiger partial charge >= 0.3 is 0 Å². The van der Waals surface area contributed by atoms with Gasteiger partial charge in [0.1, 0.15) is 0 Å². The van der Waals surface area contributed by atoms with E-state index in [1.807, 2.05) is 0 Å². The fraction of sp³-hybridized carbons (Fsp3) is 0.667. The molecule has 0 amide bonds. The van der Waals surface area contributed by atoms with Crippen molar-refractivity contribution in [3.63, 3.8) is 0 Å². The van der Waals surface area contributed by atoms with Crippen LogP contribution in [0.5, 0.6) is 0 Å². The maximum atomic E-state index is 3.84. The molecule has 2 rings (SSSR count). The minimum Gasteiger partial charge on any atom is -0.310 e. The van der Waals surface area contributed by atoms with Crippen LogP contribution in [0.2, 0.25) is 0 Å². The summed E-state index contributed by atoms with van der Waals surface area (Å²) in [6.07, 6.45) is 8.20. The molecule has 1 heteroatoms. The van der Waals surface area contributed by atoms with Crippen molar-refractivity contribution in [3.05, 3.63) is 35.9 Å². The van der Waals surface area contributed by atoms with Gasteiger partial charge in [0.2, 0.25) is 0 Å². The van der Waals surface area contributed by atoms with Gasteiger partial charge in [-0.25, -0.2) is 0 Å². The fourth-order valence-electron chi connectivity index (χ4n) is 3.35. The largest absolute Gasteiger partial charge is 0.310 e. The van der Waals surface area contributed by atoms with E-state index in [-0.39, 0.29) is 0 Å². The lowest BCUT2D eigenvalue weighted by Gasteiger charge is -2.31. The second-order valence-corrected chi connectivity index (χ2v) is 6.18. The summed E-state index contributed by atoms with van der Waals surface area (Å²) < 4.78 is 0. The Morgan fingerprint density at radius 2 is 1.89 bits per heavy atom. The topological polar surface area (TPSA) is 12.0 Å². The van der Waals surface area contributed by atoms with Crippen LogP contribution >= 0.6 is 0 Å². The van der Waals surface area contributed by atoms with Crippen molar-refractivity contribution in [1.29, 1.82) is 0 Å². The van der Waals surface area contributed by atoms with Crippen LogP contribution in [0.3, 0.4) is 0 Å². The monoisotopic (exact) mass is 259 g/mol. The standard InChI is InChI=1S/C18H29N/c1-3-9-18(16-11-5-4-6-12-16)19-14-17-13-8-7-10-15(17)2/h4-6,11-12,15,17-19H,3,7-10,13-14H2,1-2H3. The van der Waals surface area contributed by atoms with Crippen LogP contribution < -0.4 is 5.32 Å². The number of hydrogen-bond acceptors (Lipinski definition) is 1. The number of rotatable bonds is 6. The maximum Gasteiger partial charge on any atom is 0.0320 e. The quantitative estimate of drug-likeness (QED) is 0.762. The molecule has 1 N–H and O–H groups in total. The molecule has 1 aromatic rings. The van der Waals surface area contributed by atoms with Crippen LogP contribution in [0, 0.1) is 11.8 Å². The molecular formula is C18H29N. The van der Waals surface area contributed by atoms with Crippen molar-refractivity contribution in [2.24, 2.45) is 11.8 Å². The summed E-state index contributed by atoms with van der Waals surface area (Å²) in [4.78, 5) is 0. The van der Waals surface area contributed by atoms with E-state index in [0.29, 0.717) is 6.04 Å². The van der Waals surface area contributed by atoms with Gasteiger partial charge in [-0.3, -0.25) is 0 Å².